The molecule has 0 aliphatic carbocycles. The molecule has 0 saturated carbocycles. The van der Waals surface area contributed by atoms with E-state index in [-0.39, 0.29) is 17.7 Å². The SMILES string of the molecule is CC(=O)N1CCC(C(=O)N2CCSC(c3ccco3)CC2)CC1. The molecule has 6 heteroatoms. The molecule has 126 valence electrons. The minimum Gasteiger partial charge on any atom is -0.468 e. The molecule has 0 bridgehead atoms. The molecule has 0 aromatic carbocycles. The Morgan fingerprint density at radius 2 is 1.87 bits per heavy atom. The van der Waals surface area contributed by atoms with Gasteiger partial charge in [0.1, 0.15) is 5.76 Å². The van der Waals surface area contributed by atoms with Crippen molar-refractivity contribution in [3.8, 4) is 0 Å². The van der Waals surface area contributed by atoms with Crippen molar-refractivity contribution in [2.24, 2.45) is 5.92 Å². The van der Waals surface area contributed by atoms with Gasteiger partial charge in [-0.1, -0.05) is 0 Å². The highest BCUT2D eigenvalue weighted by molar-refractivity contribution is 7.99. The molecule has 2 saturated heterocycles. The molecule has 3 rings (SSSR count). The van der Waals surface area contributed by atoms with E-state index in [4.69, 9.17) is 4.42 Å². The molecule has 5 nitrogen and oxygen atoms in total. The second-order valence-corrected chi connectivity index (χ2v) is 7.58. The van der Waals surface area contributed by atoms with E-state index in [1.807, 2.05) is 33.7 Å². The van der Waals surface area contributed by atoms with Gasteiger partial charge in [-0.2, -0.15) is 0 Å². The van der Waals surface area contributed by atoms with Crippen LogP contribution in [-0.4, -0.2) is 53.5 Å². The fourth-order valence-electron chi connectivity index (χ4n) is 3.39. The van der Waals surface area contributed by atoms with Crippen LogP contribution in [0.3, 0.4) is 0 Å². The van der Waals surface area contributed by atoms with Crippen LogP contribution in [0.4, 0.5) is 0 Å². The van der Waals surface area contributed by atoms with Crippen molar-refractivity contribution in [2.45, 2.75) is 31.4 Å². The van der Waals surface area contributed by atoms with Crippen LogP contribution in [0.1, 0.15) is 37.2 Å². The molecule has 1 unspecified atom stereocenters. The molecule has 1 atom stereocenters. The van der Waals surface area contributed by atoms with E-state index in [1.54, 1.807) is 13.2 Å². The number of likely N-dealkylation sites (tertiary alicyclic amines) is 1. The van der Waals surface area contributed by atoms with Crippen molar-refractivity contribution in [3.63, 3.8) is 0 Å². The number of furan rings is 1. The summed E-state index contributed by atoms with van der Waals surface area (Å²) in [6, 6.07) is 3.94. The van der Waals surface area contributed by atoms with Gasteiger partial charge in [0.15, 0.2) is 0 Å². The largest absolute Gasteiger partial charge is 0.468 e. The van der Waals surface area contributed by atoms with Crippen LogP contribution in [0.15, 0.2) is 22.8 Å². The molecule has 0 N–H and O–H groups in total. The molecule has 2 fully saturated rings. The predicted octanol–water partition coefficient (Wildman–Crippen LogP) is 2.54. The molecule has 2 aliphatic heterocycles. The Balaban J connectivity index is 1.53. The maximum absolute atomic E-state index is 12.8. The van der Waals surface area contributed by atoms with Crippen LogP contribution in [0.2, 0.25) is 0 Å². The Hall–Kier alpha value is -1.43. The lowest BCUT2D eigenvalue weighted by Crippen LogP contribution is -2.44. The zero-order chi connectivity index (χ0) is 16.2. The highest BCUT2D eigenvalue weighted by Crippen LogP contribution is 2.35. The molecule has 2 amide bonds. The Morgan fingerprint density at radius 1 is 1.13 bits per heavy atom. The predicted molar refractivity (Wildman–Crippen MR) is 90.1 cm³/mol. The summed E-state index contributed by atoms with van der Waals surface area (Å²) in [6.45, 7) is 4.63. The lowest BCUT2D eigenvalue weighted by molar-refractivity contribution is -0.139. The van der Waals surface area contributed by atoms with E-state index < -0.39 is 0 Å². The zero-order valence-electron chi connectivity index (χ0n) is 13.6. The standard InChI is InChI=1S/C17H24N2O3S/c1-13(20)18-7-4-14(5-8-18)17(21)19-9-6-16(23-12-10-19)15-3-2-11-22-15/h2-3,11,14,16H,4-10,12H2,1H3. The van der Waals surface area contributed by atoms with E-state index in [2.05, 4.69) is 0 Å². The number of rotatable bonds is 2. The van der Waals surface area contributed by atoms with Crippen molar-refractivity contribution in [3.05, 3.63) is 24.2 Å². The van der Waals surface area contributed by atoms with Crippen LogP contribution in [0, 0.1) is 5.92 Å². The van der Waals surface area contributed by atoms with Gasteiger partial charge in [0.2, 0.25) is 11.8 Å². The summed E-state index contributed by atoms with van der Waals surface area (Å²) in [5.41, 5.74) is 0. The van der Waals surface area contributed by atoms with Crippen molar-refractivity contribution >= 4 is 23.6 Å². The first-order valence-electron chi connectivity index (χ1n) is 8.34. The second-order valence-electron chi connectivity index (χ2n) is 6.27. The first kappa shape index (κ1) is 16.4. The van der Waals surface area contributed by atoms with Crippen LogP contribution < -0.4 is 0 Å². The van der Waals surface area contributed by atoms with Gasteiger partial charge >= 0.3 is 0 Å². The van der Waals surface area contributed by atoms with Gasteiger partial charge < -0.3 is 14.2 Å². The lowest BCUT2D eigenvalue weighted by Gasteiger charge is -2.33. The number of piperidine rings is 1. The molecule has 1 aromatic heterocycles. The minimum atomic E-state index is 0.0794. The first-order valence-corrected chi connectivity index (χ1v) is 9.39. The van der Waals surface area contributed by atoms with E-state index in [1.165, 1.54) is 0 Å². The van der Waals surface area contributed by atoms with Crippen LogP contribution in [0.5, 0.6) is 0 Å². The van der Waals surface area contributed by atoms with E-state index >= 15 is 0 Å². The van der Waals surface area contributed by atoms with Crippen molar-refractivity contribution in [1.82, 2.24) is 9.80 Å². The molecular formula is C17H24N2O3S. The summed E-state index contributed by atoms with van der Waals surface area (Å²) >= 11 is 1.87. The number of carbonyl (C=O) groups excluding carboxylic acids is 2. The van der Waals surface area contributed by atoms with Gasteiger partial charge in [-0.25, -0.2) is 0 Å². The van der Waals surface area contributed by atoms with E-state index in [0.29, 0.717) is 18.3 Å². The monoisotopic (exact) mass is 336 g/mol. The smallest absolute Gasteiger partial charge is 0.225 e. The molecule has 1 aromatic rings. The number of hydrogen-bond donors (Lipinski definition) is 0. The Bertz CT molecular complexity index is 538. The maximum Gasteiger partial charge on any atom is 0.225 e. The van der Waals surface area contributed by atoms with Gasteiger partial charge in [0, 0.05) is 44.8 Å². The van der Waals surface area contributed by atoms with Crippen LogP contribution in [-0.2, 0) is 9.59 Å². The summed E-state index contributed by atoms with van der Waals surface area (Å²) < 4.78 is 5.51. The average molecular weight is 336 g/mol. The quantitative estimate of drug-likeness (QED) is 0.833. The summed E-state index contributed by atoms with van der Waals surface area (Å²) in [5.74, 6) is 2.43. The topological polar surface area (TPSA) is 53.8 Å². The van der Waals surface area contributed by atoms with Gasteiger partial charge in [0.05, 0.1) is 11.5 Å². The first-order chi connectivity index (χ1) is 11.1. The molecule has 23 heavy (non-hydrogen) atoms. The van der Waals surface area contributed by atoms with Gasteiger partial charge in [-0.05, 0) is 31.4 Å². The summed E-state index contributed by atoms with van der Waals surface area (Å²) in [4.78, 5) is 28.0. The summed E-state index contributed by atoms with van der Waals surface area (Å²) in [5, 5.41) is 0.349. The van der Waals surface area contributed by atoms with Crippen molar-refractivity contribution < 1.29 is 14.0 Å². The fraction of sp³-hybridized carbons (Fsp3) is 0.647. The van der Waals surface area contributed by atoms with Gasteiger partial charge in [-0.15, -0.1) is 11.8 Å². The fourth-order valence-corrected chi connectivity index (χ4v) is 4.57. The third-order valence-corrected chi connectivity index (χ3v) is 6.09. The highest BCUT2D eigenvalue weighted by atomic mass is 32.2. The maximum atomic E-state index is 12.8. The normalized spacial score (nSPS) is 23.6. The highest BCUT2D eigenvalue weighted by Gasteiger charge is 2.31. The minimum absolute atomic E-state index is 0.0794. The molecular weight excluding hydrogens is 312 g/mol. The van der Waals surface area contributed by atoms with Crippen molar-refractivity contribution in [1.29, 1.82) is 0 Å². The number of amides is 2. The molecule has 0 spiro atoms. The molecule has 3 heterocycles. The third-order valence-electron chi connectivity index (χ3n) is 4.80. The molecule has 2 aliphatic rings. The van der Waals surface area contributed by atoms with Gasteiger partial charge in [-0.3, -0.25) is 9.59 Å². The van der Waals surface area contributed by atoms with E-state index in [9.17, 15) is 9.59 Å². The Morgan fingerprint density at radius 3 is 2.52 bits per heavy atom. The van der Waals surface area contributed by atoms with Crippen LogP contribution in [0.25, 0.3) is 0 Å². The Labute approximate surface area is 141 Å². The van der Waals surface area contributed by atoms with Crippen LogP contribution >= 0.6 is 11.8 Å². The molecule has 0 radical (unpaired) electrons. The number of hydrogen-bond acceptors (Lipinski definition) is 4. The van der Waals surface area contributed by atoms with E-state index in [0.717, 1.165) is 43.9 Å². The summed E-state index contributed by atoms with van der Waals surface area (Å²) in [6.07, 6.45) is 4.25. The lowest BCUT2D eigenvalue weighted by atomic mass is 9.95. The number of nitrogens with zero attached hydrogens (tertiary/aromatic N) is 2. The average Bonchev–Trinajstić information content (AvgIpc) is 2.99. The van der Waals surface area contributed by atoms with Gasteiger partial charge in [0.25, 0.3) is 0 Å². The second kappa shape index (κ2) is 7.43. The summed E-state index contributed by atoms with van der Waals surface area (Å²) in [7, 11) is 0. The number of carbonyl (C=O) groups is 2. The zero-order valence-corrected chi connectivity index (χ0v) is 14.4. The third kappa shape index (κ3) is 3.91. The van der Waals surface area contributed by atoms with Crippen molar-refractivity contribution in [2.75, 3.05) is 31.9 Å². The number of thioether (sulfide) groups is 1. The Kier molecular flexibility index (Phi) is 5.30.